The Morgan fingerprint density at radius 3 is 2.86 bits per heavy atom. The molecule has 0 aliphatic rings. The minimum Gasteiger partial charge on any atom is -0.436 e. The van der Waals surface area contributed by atoms with Crippen LogP contribution >= 0.6 is 11.3 Å². The molecule has 0 bridgehead atoms. The maximum absolute atomic E-state index is 5.85. The van der Waals surface area contributed by atoms with Gasteiger partial charge in [0.05, 0.1) is 10.2 Å². The topological polar surface area (TPSA) is 64.9 Å². The zero-order valence-electron chi connectivity index (χ0n) is 11.5. The molecule has 0 spiro atoms. The van der Waals surface area contributed by atoms with E-state index in [1.165, 1.54) is 16.9 Å². The first-order valence-corrected chi connectivity index (χ1v) is 7.60. The van der Waals surface area contributed by atoms with E-state index in [1.807, 2.05) is 24.3 Å². The molecule has 4 rings (SSSR count). The second kappa shape index (κ2) is 4.56. The quantitative estimate of drug-likeness (QED) is 0.600. The molecule has 0 amide bonds. The molecule has 0 fully saturated rings. The Bertz CT molecular complexity index is 955. The number of fused-ring (bicyclic) bond motifs is 2. The van der Waals surface area contributed by atoms with Gasteiger partial charge in [0.1, 0.15) is 5.52 Å². The summed E-state index contributed by atoms with van der Waals surface area (Å²) in [5.74, 6) is 0.632. The molecule has 0 unspecified atom stereocenters. The summed E-state index contributed by atoms with van der Waals surface area (Å²) < 4.78 is 6.89. The van der Waals surface area contributed by atoms with E-state index >= 15 is 0 Å². The molecule has 2 aromatic heterocycles. The molecule has 0 aliphatic carbocycles. The molecule has 5 heteroatoms. The van der Waals surface area contributed by atoms with Crippen LogP contribution in [0.1, 0.15) is 12.5 Å². The van der Waals surface area contributed by atoms with Gasteiger partial charge in [0.2, 0.25) is 5.89 Å². The molecule has 104 valence electrons. The van der Waals surface area contributed by atoms with Gasteiger partial charge in [-0.1, -0.05) is 24.3 Å². The highest BCUT2D eigenvalue weighted by Gasteiger charge is 2.10. The standard InChI is InChI=1S/C16H13N3OS/c1-2-9-3-6-13-12(7-9)18-15(20-13)10-4-5-11-14(8-10)21-16(17)19-11/h3-8H,2H2,1H3,(H2,17,19). The smallest absolute Gasteiger partial charge is 0.227 e. The minimum atomic E-state index is 0.576. The van der Waals surface area contributed by atoms with Crippen molar-refractivity contribution in [1.29, 1.82) is 0 Å². The molecule has 0 atom stereocenters. The highest BCUT2D eigenvalue weighted by molar-refractivity contribution is 7.22. The Morgan fingerprint density at radius 2 is 2.00 bits per heavy atom. The Labute approximate surface area is 125 Å². The highest BCUT2D eigenvalue weighted by Crippen LogP contribution is 2.30. The van der Waals surface area contributed by atoms with E-state index in [0.717, 1.165) is 33.3 Å². The van der Waals surface area contributed by atoms with Crippen molar-refractivity contribution < 1.29 is 4.42 Å². The molecule has 21 heavy (non-hydrogen) atoms. The van der Waals surface area contributed by atoms with Gasteiger partial charge in [0.15, 0.2) is 10.7 Å². The van der Waals surface area contributed by atoms with E-state index < -0.39 is 0 Å². The van der Waals surface area contributed by atoms with E-state index in [1.54, 1.807) is 0 Å². The summed E-state index contributed by atoms with van der Waals surface area (Å²) in [5.41, 5.74) is 10.6. The van der Waals surface area contributed by atoms with Gasteiger partial charge in [-0.05, 0) is 42.3 Å². The molecule has 4 nitrogen and oxygen atoms in total. The fraction of sp³-hybridized carbons (Fsp3) is 0.125. The summed E-state index contributed by atoms with van der Waals surface area (Å²) in [4.78, 5) is 8.85. The van der Waals surface area contributed by atoms with Gasteiger partial charge >= 0.3 is 0 Å². The number of oxazole rings is 1. The number of nitrogens with zero attached hydrogens (tertiary/aromatic N) is 2. The second-order valence-corrected chi connectivity index (χ2v) is 5.97. The number of nitrogen functional groups attached to an aromatic ring is 1. The van der Waals surface area contributed by atoms with E-state index in [4.69, 9.17) is 10.2 Å². The van der Waals surface area contributed by atoms with Crippen LogP contribution in [-0.4, -0.2) is 9.97 Å². The normalized spacial score (nSPS) is 11.5. The monoisotopic (exact) mass is 295 g/mol. The maximum atomic E-state index is 5.85. The number of aryl methyl sites for hydroxylation is 1. The number of hydrogen-bond donors (Lipinski definition) is 1. The lowest BCUT2D eigenvalue weighted by Crippen LogP contribution is -1.80. The van der Waals surface area contributed by atoms with Crippen LogP contribution in [0, 0.1) is 0 Å². The molecule has 0 radical (unpaired) electrons. The summed E-state index contributed by atoms with van der Waals surface area (Å²) in [6.07, 6.45) is 0.990. The van der Waals surface area contributed by atoms with Gasteiger partial charge < -0.3 is 10.2 Å². The van der Waals surface area contributed by atoms with Crippen molar-refractivity contribution >= 4 is 37.8 Å². The average molecular weight is 295 g/mol. The van der Waals surface area contributed by atoms with Crippen LogP contribution in [0.15, 0.2) is 40.8 Å². The molecule has 2 N–H and O–H groups in total. The van der Waals surface area contributed by atoms with Crippen LogP contribution in [0.4, 0.5) is 5.13 Å². The third-order valence-electron chi connectivity index (χ3n) is 3.51. The molecule has 0 saturated heterocycles. The van der Waals surface area contributed by atoms with Gasteiger partial charge in [-0.15, -0.1) is 0 Å². The Balaban J connectivity index is 1.86. The maximum Gasteiger partial charge on any atom is 0.227 e. The number of nitrogens with two attached hydrogens (primary N) is 1. The van der Waals surface area contributed by atoms with Crippen LogP contribution in [0.25, 0.3) is 32.8 Å². The van der Waals surface area contributed by atoms with Crippen molar-refractivity contribution in [2.75, 3.05) is 5.73 Å². The first-order chi connectivity index (χ1) is 10.2. The molecule has 0 aliphatic heterocycles. The molecular weight excluding hydrogens is 282 g/mol. The lowest BCUT2D eigenvalue weighted by molar-refractivity contribution is 0.620. The van der Waals surface area contributed by atoms with Crippen molar-refractivity contribution in [3.63, 3.8) is 0 Å². The van der Waals surface area contributed by atoms with E-state index in [2.05, 4.69) is 29.0 Å². The number of anilines is 1. The van der Waals surface area contributed by atoms with Gasteiger partial charge in [-0.25, -0.2) is 9.97 Å². The average Bonchev–Trinajstić information content (AvgIpc) is 3.07. The fourth-order valence-corrected chi connectivity index (χ4v) is 3.17. The zero-order valence-corrected chi connectivity index (χ0v) is 12.3. The number of rotatable bonds is 2. The summed E-state index contributed by atoms with van der Waals surface area (Å²) in [7, 11) is 0. The van der Waals surface area contributed by atoms with E-state index in [9.17, 15) is 0 Å². The highest BCUT2D eigenvalue weighted by atomic mass is 32.1. The number of hydrogen-bond acceptors (Lipinski definition) is 5. The third-order valence-corrected chi connectivity index (χ3v) is 4.36. The summed E-state index contributed by atoms with van der Waals surface area (Å²) in [6.45, 7) is 2.13. The summed E-state index contributed by atoms with van der Waals surface area (Å²) in [6, 6.07) is 12.1. The lowest BCUT2D eigenvalue weighted by atomic mass is 10.1. The molecule has 2 aromatic carbocycles. The SMILES string of the molecule is CCc1ccc2oc(-c3ccc4nc(N)sc4c3)nc2c1. The van der Waals surface area contributed by atoms with Crippen LogP contribution in [-0.2, 0) is 6.42 Å². The molecular formula is C16H13N3OS. The predicted molar refractivity (Wildman–Crippen MR) is 86.4 cm³/mol. The largest absolute Gasteiger partial charge is 0.436 e. The van der Waals surface area contributed by atoms with Crippen LogP contribution in [0.2, 0.25) is 0 Å². The number of thiazole rings is 1. The van der Waals surface area contributed by atoms with E-state index in [-0.39, 0.29) is 0 Å². The van der Waals surface area contributed by atoms with Crippen molar-refractivity contribution in [1.82, 2.24) is 9.97 Å². The second-order valence-electron chi connectivity index (χ2n) is 4.91. The number of benzene rings is 2. The van der Waals surface area contributed by atoms with Crippen molar-refractivity contribution in [2.24, 2.45) is 0 Å². The van der Waals surface area contributed by atoms with Crippen molar-refractivity contribution in [3.8, 4) is 11.5 Å². The van der Waals surface area contributed by atoms with Crippen LogP contribution in [0.5, 0.6) is 0 Å². The van der Waals surface area contributed by atoms with Crippen molar-refractivity contribution in [3.05, 3.63) is 42.0 Å². The molecule has 4 aromatic rings. The van der Waals surface area contributed by atoms with Gasteiger partial charge in [0, 0.05) is 5.56 Å². The van der Waals surface area contributed by atoms with Crippen LogP contribution < -0.4 is 5.73 Å². The Morgan fingerprint density at radius 1 is 1.10 bits per heavy atom. The Hall–Kier alpha value is -2.40. The van der Waals surface area contributed by atoms with E-state index in [0.29, 0.717) is 11.0 Å². The van der Waals surface area contributed by atoms with Gasteiger partial charge in [0.25, 0.3) is 0 Å². The minimum absolute atomic E-state index is 0.576. The molecule has 0 saturated carbocycles. The number of aromatic nitrogens is 2. The zero-order chi connectivity index (χ0) is 14.4. The van der Waals surface area contributed by atoms with Gasteiger partial charge in [-0.2, -0.15) is 0 Å². The summed E-state index contributed by atoms with van der Waals surface area (Å²) in [5, 5.41) is 0.576. The predicted octanol–water partition coefficient (Wildman–Crippen LogP) is 4.25. The van der Waals surface area contributed by atoms with Crippen molar-refractivity contribution in [2.45, 2.75) is 13.3 Å². The fourth-order valence-electron chi connectivity index (χ4n) is 2.39. The first-order valence-electron chi connectivity index (χ1n) is 6.79. The summed E-state index contributed by atoms with van der Waals surface area (Å²) >= 11 is 1.47. The first kappa shape index (κ1) is 12.3. The molecule has 2 heterocycles. The van der Waals surface area contributed by atoms with Crippen LogP contribution in [0.3, 0.4) is 0 Å². The van der Waals surface area contributed by atoms with Gasteiger partial charge in [-0.3, -0.25) is 0 Å². The third kappa shape index (κ3) is 2.06. The lowest BCUT2D eigenvalue weighted by Gasteiger charge is -1.94. The Kier molecular flexibility index (Phi) is 2.68.